The van der Waals surface area contributed by atoms with Crippen molar-refractivity contribution in [3.8, 4) is 0 Å². The molecule has 3 N–H and O–H groups in total. The number of primary amides is 1. The fourth-order valence-corrected chi connectivity index (χ4v) is 2.62. The predicted octanol–water partition coefficient (Wildman–Crippen LogP) is 1.99. The molecule has 0 radical (unpaired) electrons. The second kappa shape index (κ2) is 5.93. The van der Waals surface area contributed by atoms with E-state index < -0.39 is 17.6 Å². The minimum atomic E-state index is -4.49. The van der Waals surface area contributed by atoms with Crippen molar-refractivity contribution in [2.45, 2.75) is 25.1 Å². The predicted molar refractivity (Wildman–Crippen MR) is 74.3 cm³/mol. The second-order valence-electron chi connectivity index (χ2n) is 5.17. The Morgan fingerprint density at radius 3 is 2.71 bits per heavy atom. The van der Waals surface area contributed by atoms with Crippen molar-refractivity contribution in [3.05, 3.63) is 29.3 Å². The van der Waals surface area contributed by atoms with E-state index in [1.54, 1.807) is 0 Å². The first-order chi connectivity index (χ1) is 9.82. The van der Waals surface area contributed by atoms with Gasteiger partial charge in [-0.3, -0.25) is 4.79 Å². The van der Waals surface area contributed by atoms with Crippen LogP contribution in [0.1, 0.15) is 28.8 Å². The lowest BCUT2D eigenvalue weighted by Crippen LogP contribution is -2.45. The van der Waals surface area contributed by atoms with Crippen molar-refractivity contribution in [1.82, 2.24) is 5.32 Å². The molecule has 0 aromatic heterocycles. The standard InChI is InChI=1S/C14H18F3N3O/c1-19-10-3-2-6-20(8-10)12-5-4-9(14(15,16)17)7-11(12)13(18)21/h4-5,7,10,19H,2-3,6,8H2,1H3,(H2,18,21). The molecule has 1 aromatic carbocycles. The molecule has 1 aliphatic rings. The van der Waals surface area contributed by atoms with E-state index >= 15 is 0 Å². The first kappa shape index (κ1) is 15.6. The maximum atomic E-state index is 12.7. The van der Waals surface area contributed by atoms with Crippen LogP contribution in [0.15, 0.2) is 18.2 Å². The van der Waals surface area contributed by atoms with E-state index in [9.17, 15) is 18.0 Å². The van der Waals surface area contributed by atoms with Crippen molar-refractivity contribution in [3.63, 3.8) is 0 Å². The number of carbonyl (C=O) groups excluding carboxylic acids is 1. The van der Waals surface area contributed by atoms with Gasteiger partial charge in [0.1, 0.15) is 0 Å². The number of benzene rings is 1. The first-order valence-corrected chi connectivity index (χ1v) is 6.76. The molecule has 0 spiro atoms. The van der Waals surface area contributed by atoms with Crippen LogP contribution >= 0.6 is 0 Å². The monoisotopic (exact) mass is 301 g/mol. The second-order valence-corrected chi connectivity index (χ2v) is 5.17. The smallest absolute Gasteiger partial charge is 0.369 e. The Morgan fingerprint density at radius 1 is 1.43 bits per heavy atom. The Morgan fingerprint density at radius 2 is 2.14 bits per heavy atom. The quantitative estimate of drug-likeness (QED) is 0.897. The molecule has 1 fully saturated rings. The van der Waals surface area contributed by atoms with Crippen LogP contribution in [0, 0.1) is 0 Å². The van der Waals surface area contributed by atoms with Gasteiger partial charge in [0.05, 0.1) is 11.1 Å². The third-order valence-electron chi connectivity index (χ3n) is 3.76. The fraction of sp³-hybridized carbons (Fsp3) is 0.500. The maximum Gasteiger partial charge on any atom is 0.416 e. The molecule has 4 nitrogen and oxygen atoms in total. The minimum absolute atomic E-state index is 0.0819. The molecule has 1 aliphatic heterocycles. The largest absolute Gasteiger partial charge is 0.416 e. The molecule has 1 saturated heterocycles. The topological polar surface area (TPSA) is 58.4 Å². The van der Waals surface area contributed by atoms with Crippen molar-refractivity contribution < 1.29 is 18.0 Å². The fourth-order valence-electron chi connectivity index (χ4n) is 2.62. The summed E-state index contributed by atoms with van der Waals surface area (Å²) >= 11 is 0. The summed E-state index contributed by atoms with van der Waals surface area (Å²) < 4.78 is 38.2. The Kier molecular flexibility index (Phi) is 4.41. The molecule has 0 aliphatic carbocycles. The van der Waals surface area contributed by atoms with E-state index in [0.29, 0.717) is 18.8 Å². The van der Waals surface area contributed by atoms with Crippen LogP contribution < -0.4 is 16.0 Å². The van der Waals surface area contributed by atoms with E-state index in [0.717, 1.165) is 25.0 Å². The van der Waals surface area contributed by atoms with Gasteiger partial charge >= 0.3 is 6.18 Å². The van der Waals surface area contributed by atoms with Crippen LogP contribution in [-0.2, 0) is 6.18 Å². The number of amides is 1. The highest BCUT2D eigenvalue weighted by molar-refractivity contribution is 5.99. The number of hydrogen-bond acceptors (Lipinski definition) is 3. The highest BCUT2D eigenvalue weighted by Crippen LogP contribution is 2.33. The van der Waals surface area contributed by atoms with Gasteiger partial charge in [-0.2, -0.15) is 13.2 Å². The minimum Gasteiger partial charge on any atom is -0.369 e. The average molecular weight is 301 g/mol. The normalized spacial score (nSPS) is 19.6. The Bertz CT molecular complexity index is 531. The van der Waals surface area contributed by atoms with Crippen molar-refractivity contribution >= 4 is 11.6 Å². The summed E-state index contributed by atoms with van der Waals surface area (Å²) in [6.45, 7) is 1.34. The molecule has 116 valence electrons. The zero-order valence-corrected chi connectivity index (χ0v) is 11.7. The average Bonchev–Trinajstić information content (AvgIpc) is 2.45. The number of alkyl halides is 3. The summed E-state index contributed by atoms with van der Waals surface area (Å²) in [5, 5.41) is 3.15. The number of likely N-dealkylation sites (N-methyl/N-ethyl adjacent to an activating group) is 1. The molecule has 1 unspecified atom stereocenters. The summed E-state index contributed by atoms with van der Waals surface area (Å²) in [4.78, 5) is 13.4. The number of nitrogens with two attached hydrogens (primary N) is 1. The molecule has 21 heavy (non-hydrogen) atoms. The van der Waals surface area contributed by atoms with Crippen LogP contribution in [0.3, 0.4) is 0 Å². The van der Waals surface area contributed by atoms with Crippen LogP contribution in [0.25, 0.3) is 0 Å². The lowest BCUT2D eigenvalue weighted by atomic mass is 10.0. The van der Waals surface area contributed by atoms with Crippen molar-refractivity contribution in [2.24, 2.45) is 5.73 Å². The number of carbonyl (C=O) groups is 1. The number of piperidine rings is 1. The van der Waals surface area contributed by atoms with Crippen LogP contribution in [-0.4, -0.2) is 32.1 Å². The maximum absolute atomic E-state index is 12.7. The molecule has 0 bridgehead atoms. The summed E-state index contributed by atoms with van der Waals surface area (Å²) in [5.74, 6) is -0.845. The van der Waals surface area contributed by atoms with Crippen molar-refractivity contribution in [1.29, 1.82) is 0 Å². The van der Waals surface area contributed by atoms with Gasteiger partial charge in [-0.25, -0.2) is 0 Å². The third kappa shape index (κ3) is 3.47. The molecule has 0 saturated carbocycles. The van der Waals surface area contributed by atoms with Gasteiger partial charge in [0.25, 0.3) is 5.91 Å². The molecule has 1 heterocycles. The van der Waals surface area contributed by atoms with E-state index in [2.05, 4.69) is 5.32 Å². The van der Waals surface area contributed by atoms with Gasteiger partial charge in [0.15, 0.2) is 0 Å². The highest BCUT2D eigenvalue weighted by Gasteiger charge is 2.32. The zero-order chi connectivity index (χ0) is 15.6. The number of nitrogens with one attached hydrogen (secondary N) is 1. The lowest BCUT2D eigenvalue weighted by Gasteiger charge is -2.35. The number of hydrogen-bond donors (Lipinski definition) is 2. The SMILES string of the molecule is CNC1CCCN(c2ccc(C(F)(F)F)cc2C(N)=O)C1. The zero-order valence-electron chi connectivity index (χ0n) is 11.7. The number of nitrogens with zero attached hydrogens (tertiary/aromatic N) is 1. The Labute approximate surface area is 121 Å². The number of halogens is 3. The van der Waals surface area contributed by atoms with E-state index in [1.165, 1.54) is 6.07 Å². The molecular formula is C14H18F3N3O. The molecule has 1 atom stereocenters. The summed E-state index contributed by atoms with van der Waals surface area (Å²) in [6.07, 6.45) is -2.58. The third-order valence-corrected chi connectivity index (χ3v) is 3.76. The van der Waals surface area contributed by atoms with Gasteiger partial charge < -0.3 is 16.0 Å². The summed E-state index contributed by atoms with van der Waals surface area (Å²) in [6, 6.07) is 3.41. The van der Waals surface area contributed by atoms with E-state index in [4.69, 9.17) is 5.73 Å². The molecule has 1 aromatic rings. The van der Waals surface area contributed by atoms with Crippen LogP contribution in [0.5, 0.6) is 0 Å². The Balaban J connectivity index is 2.37. The first-order valence-electron chi connectivity index (χ1n) is 6.76. The van der Waals surface area contributed by atoms with E-state index in [1.807, 2.05) is 11.9 Å². The van der Waals surface area contributed by atoms with Gasteiger partial charge in [-0.05, 0) is 38.1 Å². The van der Waals surface area contributed by atoms with Crippen molar-refractivity contribution in [2.75, 3.05) is 25.0 Å². The van der Waals surface area contributed by atoms with E-state index in [-0.39, 0.29) is 11.6 Å². The summed E-state index contributed by atoms with van der Waals surface area (Å²) in [7, 11) is 1.84. The van der Waals surface area contributed by atoms with Gasteiger partial charge in [0, 0.05) is 24.8 Å². The lowest BCUT2D eigenvalue weighted by molar-refractivity contribution is -0.137. The highest BCUT2D eigenvalue weighted by atomic mass is 19.4. The van der Waals surface area contributed by atoms with Gasteiger partial charge in [-0.1, -0.05) is 0 Å². The number of anilines is 1. The number of rotatable bonds is 3. The summed E-state index contributed by atoms with van der Waals surface area (Å²) in [5.41, 5.74) is 4.78. The molecular weight excluding hydrogens is 283 g/mol. The van der Waals surface area contributed by atoms with Crippen LogP contribution in [0.4, 0.5) is 18.9 Å². The molecule has 1 amide bonds. The van der Waals surface area contributed by atoms with Crippen LogP contribution in [0.2, 0.25) is 0 Å². The van der Waals surface area contributed by atoms with Gasteiger partial charge in [0.2, 0.25) is 0 Å². The van der Waals surface area contributed by atoms with Gasteiger partial charge in [-0.15, -0.1) is 0 Å². The Hall–Kier alpha value is -1.76. The molecule has 2 rings (SSSR count). The molecule has 7 heteroatoms.